The Hall–Kier alpha value is -3.48. The van der Waals surface area contributed by atoms with Gasteiger partial charge in [-0.1, -0.05) is 12.1 Å². The number of anilines is 2. The van der Waals surface area contributed by atoms with Gasteiger partial charge in [0.25, 0.3) is 5.91 Å². The minimum atomic E-state index is -0.417. The number of benzene rings is 2. The van der Waals surface area contributed by atoms with Crippen molar-refractivity contribution < 1.29 is 14.0 Å². The molecule has 0 atom stereocenters. The topological polar surface area (TPSA) is 76.0 Å². The van der Waals surface area contributed by atoms with E-state index in [1.807, 2.05) is 0 Å². The monoisotopic (exact) mass is 352 g/mol. The largest absolute Gasteiger partial charge is 0.326 e. The first kappa shape index (κ1) is 17.3. The standard InChI is InChI=1S/C19H17FN4O2/c1-12-11-17(23-24(12)18-6-4-3-5-16(18)20)19(26)22-15-9-7-14(8-10-15)21-13(2)25/h3-11H,1-2H3,(H,21,25)(H,22,26). The average molecular weight is 352 g/mol. The van der Waals surface area contributed by atoms with Gasteiger partial charge in [-0.2, -0.15) is 5.10 Å². The summed E-state index contributed by atoms with van der Waals surface area (Å²) in [6, 6.07) is 14.5. The predicted molar refractivity (Wildman–Crippen MR) is 97.0 cm³/mol. The molecule has 7 heteroatoms. The highest BCUT2D eigenvalue weighted by Gasteiger charge is 2.15. The van der Waals surface area contributed by atoms with Crippen LogP contribution in [0.3, 0.4) is 0 Å². The Labute approximate surface area is 149 Å². The van der Waals surface area contributed by atoms with E-state index in [4.69, 9.17) is 0 Å². The van der Waals surface area contributed by atoms with Gasteiger partial charge < -0.3 is 10.6 Å². The number of nitrogens with one attached hydrogen (secondary N) is 2. The van der Waals surface area contributed by atoms with Gasteiger partial charge >= 0.3 is 0 Å². The fourth-order valence-electron chi connectivity index (χ4n) is 2.49. The predicted octanol–water partition coefficient (Wildman–Crippen LogP) is 3.53. The van der Waals surface area contributed by atoms with Crippen molar-refractivity contribution in [1.82, 2.24) is 9.78 Å². The summed E-state index contributed by atoms with van der Waals surface area (Å²) in [5.41, 5.74) is 2.29. The van der Waals surface area contributed by atoms with Crippen LogP contribution < -0.4 is 10.6 Å². The first-order valence-electron chi connectivity index (χ1n) is 7.94. The first-order valence-corrected chi connectivity index (χ1v) is 7.94. The van der Waals surface area contributed by atoms with Gasteiger partial charge in [0.2, 0.25) is 5.91 Å². The third kappa shape index (κ3) is 3.77. The summed E-state index contributed by atoms with van der Waals surface area (Å²) in [7, 11) is 0. The van der Waals surface area contributed by atoms with Gasteiger partial charge in [-0.05, 0) is 49.4 Å². The number of rotatable bonds is 4. The molecule has 2 aromatic carbocycles. The summed E-state index contributed by atoms with van der Waals surface area (Å²) in [6.45, 7) is 3.17. The minimum absolute atomic E-state index is 0.170. The highest BCUT2D eigenvalue weighted by Crippen LogP contribution is 2.17. The summed E-state index contributed by atoms with van der Waals surface area (Å²) < 4.78 is 15.3. The molecule has 0 fully saturated rings. The molecule has 3 aromatic rings. The summed E-state index contributed by atoms with van der Waals surface area (Å²) in [5, 5.41) is 9.57. The van der Waals surface area contributed by atoms with E-state index in [9.17, 15) is 14.0 Å². The number of halogens is 1. The smallest absolute Gasteiger partial charge is 0.276 e. The zero-order valence-corrected chi connectivity index (χ0v) is 14.3. The van der Waals surface area contributed by atoms with Crippen molar-refractivity contribution in [2.75, 3.05) is 10.6 Å². The van der Waals surface area contributed by atoms with Gasteiger partial charge in [0, 0.05) is 24.0 Å². The number of aryl methyl sites for hydroxylation is 1. The lowest BCUT2D eigenvalue weighted by Crippen LogP contribution is -2.13. The molecular formula is C19H17FN4O2. The van der Waals surface area contributed by atoms with Crippen molar-refractivity contribution in [1.29, 1.82) is 0 Å². The van der Waals surface area contributed by atoms with E-state index in [1.54, 1.807) is 55.5 Å². The maximum Gasteiger partial charge on any atom is 0.276 e. The molecule has 0 bridgehead atoms. The van der Waals surface area contributed by atoms with Crippen LogP contribution in [0.25, 0.3) is 5.69 Å². The zero-order chi connectivity index (χ0) is 18.7. The van der Waals surface area contributed by atoms with Crippen molar-refractivity contribution in [3.8, 4) is 5.69 Å². The lowest BCUT2D eigenvalue weighted by molar-refractivity contribution is -0.114. The van der Waals surface area contributed by atoms with Crippen LogP contribution in [0.1, 0.15) is 23.1 Å². The van der Waals surface area contributed by atoms with E-state index in [0.29, 0.717) is 17.1 Å². The molecule has 1 heterocycles. The number of hydrogen-bond donors (Lipinski definition) is 2. The van der Waals surface area contributed by atoms with Gasteiger partial charge in [-0.3, -0.25) is 9.59 Å². The van der Waals surface area contributed by atoms with Crippen LogP contribution in [-0.2, 0) is 4.79 Å². The summed E-state index contributed by atoms with van der Waals surface area (Å²) in [6.07, 6.45) is 0. The Bertz CT molecular complexity index is 964. The van der Waals surface area contributed by atoms with Crippen molar-refractivity contribution in [3.05, 3.63) is 71.8 Å². The molecule has 1 aromatic heterocycles. The number of hydrogen-bond acceptors (Lipinski definition) is 3. The lowest BCUT2D eigenvalue weighted by atomic mass is 10.2. The average Bonchev–Trinajstić information content (AvgIpc) is 2.98. The van der Waals surface area contributed by atoms with Crippen molar-refractivity contribution in [2.45, 2.75) is 13.8 Å². The Morgan fingerprint density at radius 3 is 2.23 bits per heavy atom. The van der Waals surface area contributed by atoms with Gasteiger partial charge in [-0.25, -0.2) is 9.07 Å². The quantitative estimate of drug-likeness (QED) is 0.754. The van der Waals surface area contributed by atoms with Crippen LogP contribution in [-0.4, -0.2) is 21.6 Å². The number of para-hydroxylation sites is 1. The van der Waals surface area contributed by atoms with E-state index in [1.165, 1.54) is 17.7 Å². The van der Waals surface area contributed by atoms with Crippen LogP contribution in [0.4, 0.5) is 15.8 Å². The van der Waals surface area contributed by atoms with Gasteiger partial charge in [0.05, 0.1) is 0 Å². The third-order valence-electron chi connectivity index (χ3n) is 3.66. The SMILES string of the molecule is CC(=O)Nc1ccc(NC(=O)c2cc(C)n(-c3ccccc3F)n2)cc1. The second kappa shape index (κ2) is 7.18. The van der Waals surface area contributed by atoms with Crippen LogP contribution in [0, 0.1) is 12.7 Å². The summed E-state index contributed by atoms with van der Waals surface area (Å²) in [4.78, 5) is 23.4. The molecule has 2 amide bonds. The first-order chi connectivity index (χ1) is 12.4. The van der Waals surface area contributed by atoms with E-state index in [2.05, 4.69) is 15.7 Å². The van der Waals surface area contributed by atoms with Gasteiger partial charge in [0.15, 0.2) is 5.69 Å². The molecule has 0 radical (unpaired) electrons. The number of aromatic nitrogens is 2. The molecule has 0 unspecified atom stereocenters. The molecule has 6 nitrogen and oxygen atoms in total. The number of carbonyl (C=O) groups is 2. The van der Waals surface area contributed by atoms with Gasteiger partial charge in [0.1, 0.15) is 11.5 Å². The molecule has 0 saturated heterocycles. The summed E-state index contributed by atoms with van der Waals surface area (Å²) in [5.74, 6) is -0.995. The van der Waals surface area contributed by atoms with Crippen molar-refractivity contribution >= 4 is 23.2 Å². The van der Waals surface area contributed by atoms with Crippen LogP contribution in [0.2, 0.25) is 0 Å². The minimum Gasteiger partial charge on any atom is -0.326 e. The molecule has 132 valence electrons. The molecule has 0 saturated carbocycles. The van der Waals surface area contributed by atoms with E-state index in [-0.39, 0.29) is 17.3 Å². The molecule has 0 aliphatic carbocycles. The Morgan fingerprint density at radius 2 is 1.62 bits per heavy atom. The molecule has 0 spiro atoms. The molecule has 2 N–H and O–H groups in total. The molecule has 0 aliphatic rings. The van der Waals surface area contributed by atoms with Gasteiger partial charge in [-0.15, -0.1) is 0 Å². The van der Waals surface area contributed by atoms with Crippen molar-refractivity contribution in [3.63, 3.8) is 0 Å². The fourth-order valence-corrected chi connectivity index (χ4v) is 2.49. The van der Waals surface area contributed by atoms with Crippen molar-refractivity contribution in [2.24, 2.45) is 0 Å². The highest BCUT2D eigenvalue weighted by molar-refractivity contribution is 6.03. The molecule has 26 heavy (non-hydrogen) atoms. The third-order valence-corrected chi connectivity index (χ3v) is 3.66. The summed E-state index contributed by atoms with van der Waals surface area (Å²) >= 11 is 0. The Kier molecular flexibility index (Phi) is 4.79. The lowest BCUT2D eigenvalue weighted by Gasteiger charge is -2.06. The maximum atomic E-state index is 13.9. The Morgan fingerprint density at radius 1 is 1.00 bits per heavy atom. The van der Waals surface area contributed by atoms with E-state index < -0.39 is 11.7 Å². The molecule has 0 aliphatic heterocycles. The molecular weight excluding hydrogens is 335 g/mol. The molecule has 3 rings (SSSR count). The second-order valence-electron chi connectivity index (χ2n) is 5.75. The van der Waals surface area contributed by atoms with Crippen LogP contribution in [0.15, 0.2) is 54.6 Å². The van der Waals surface area contributed by atoms with Crippen LogP contribution in [0.5, 0.6) is 0 Å². The van der Waals surface area contributed by atoms with Crippen LogP contribution >= 0.6 is 0 Å². The number of amides is 2. The normalized spacial score (nSPS) is 10.4. The zero-order valence-electron chi connectivity index (χ0n) is 14.3. The Balaban J connectivity index is 1.78. The maximum absolute atomic E-state index is 13.9. The fraction of sp³-hybridized carbons (Fsp3) is 0.105. The number of nitrogens with zero attached hydrogens (tertiary/aromatic N) is 2. The second-order valence-corrected chi connectivity index (χ2v) is 5.75. The van der Waals surface area contributed by atoms with E-state index in [0.717, 1.165) is 0 Å². The highest BCUT2D eigenvalue weighted by atomic mass is 19.1. The van der Waals surface area contributed by atoms with E-state index >= 15 is 0 Å². The number of carbonyl (C=O) groups excluding carboxylic acids is 2.